The van der Waals surface area contributed by atoms with Crippen LogP contribution in [-0.4, -0.2) is 67.2 Å². The van der Waals surface area contributed by atoms with E-state index in [2.05, 4.69) is 44.1 Å². The predicted octanol–water partition coefficient (Wildman–Crippen LogP) is 1.34. The zero-order valence-corrected chi connectivity index (χ0v) is 19.4. The van der Waals surface area contributed by atoms with Gasteiger partial charge in [0.25, 0.3) is 0 Å². The summed E-state index contributed by atoms with van der Waals surface area (Å²) in [6.45, 7) is 9.32. The fourth-order valence-corrected chi connectivity index (χ4v) is 4.61. The number of aromatic nitrogens is 4. The molecule has 2 aromatic rings. The Morgan fingerprint density at radius 3 is 2.68 bits per heavy atom. The number of H-pyrrole nitrogens is 1. The van der Waals surface area contributed by atoms with Crippen molar-refractivity contribution >= 4 is 29.0 Å². The Hall–Kier alpha value is -2.52. The molecule has 1 unspecified atom stereocenters. The van der Waals surface area contributed by atoms with Gasteiger partial charge >= 0.3 is 0 Å². The second-order valence-electron chi connectivity index (χ2n) is 8.04. The molecule has 9 heteroatoms. The fraction of sp³-hybridized carbons (Fsp3) is 0.500. The normalized spacial score (nSPS) is 18.3. The maximum absolute atomic E-state index is 11.7. The van der Waals surface area contributed by atoms with E-state index in [1.54, 1.807) is 12.6 Å². The number of fused-ring (bicyclic) bond motifs is 1. The molecule has 31 heavy (non-hydrogen) atoms. The molecule has 0 bridgehead atoms. The number of nitrogens with one attached hydrogen (secondary N) is 1. The number of rotatable bonds is 6. The Morgan fingerprint density at radius 1 is 1.23 bits per heavy atom. The molecule has 0 amide bonds. The van der Waals surface area contributed by atoms with E-state index in [1.165, 1.54) is 5.57 Å². The van der Waals surface area contributed by atoms with Crippen molar-refractivity contribution in [1.82, 2.24) is 24.5 Å². The van der Waals surface area contributed by atoms with Crippen LogP contribution in [0.25, 0.3) is 23.5 Å². The summed E-state index contributed by atoms with van der Waals surface area (Å²) >= 11 is 0. The molecule has 166 valence electrons. The van der Waals surface area contributed by atoms with Crippen LogP contribution in [0, 0.1) is 0 Å². The molecule has 8 nitrogen and oxygen atoms in total. The van der Waals surface area contributed by atoms with Crippen LogP contribution in [0.1, 0.15) is 33.6 Å². The van der Waals surface area contributed by atoms with Crippen molar-refractivity contribution in [3.05, 3.63) is 34.3 Å². The topological polar surface area (TPSA) is 87.2 Å². The Labute approximate surface area is 185 Å². The summed E-state index contributed by atoms with van der Waals surface area (Å²) in [5.41, 5.74) is 2.85. The van der Waals surface area contributed by atoms with E-state index in [0.29, 0.717) is 0 Å². The van der Waals surface area contributed by atoms with Gasteiger partial charge in [0.2, 0.25) is 0 Å². The first-order chi connectivity index (χ1) is 15.0. The van der Waals surface area contributed by atoms with Gasteiger partial charge in [-0.3, -0.25) is 5.10 Å². The summed E-state index contributed by atoms with van der Waals surface area (Å²) in [6.07, 6.45) is 9.46. The lowest BCUT2D eigenvalue weighted by molar-refractivity contribution is 0.159. The Kier molecular flexibility index (Phi) is 6.52. The SMILES string of the molecule is CCC1=C(OC(C)C)C=c2c(-c3cc(N4CCN(S(C)=O)CC4)ncn3)n[nH]c2=CC1. The first-order valence-electron chi connectivity index (χ1n) is 10.8. The average molecular weight is 443 g/mol. The minimum absolute atomic E-state index is 0.103. The highest BCUT2D eigenvalue weighted by Gasteiger charge is 2.21. The van der Waals surface area contributed by atoms with Gasteiger partial charge in [-0.15, -0.1) is 0 Å². The van der Waals surface area contributed by atoms with Crippen molar-refractivity contribution in [2.75, 3.05) is 37.3 Å². The molecule has 1 aliphatic heterocycles. The van der Waals surface area contributed by atoms with Crippen LogP contribution in [-0.2, 0) is 15.7 Å². The van der Waals surface area contributed by atoms with E-state index in [1.807, 2.05) is 24.2 Å². The second-order valence-corrected chi connectivity index (χ2v) is 9.41. The van der Waals surface area contributed by atoms with Crippen LogP contribution in [0.15, 0.2) is 23.7 Å². The zero-order valence-electron chi connectivity index (χ0n) is 18.6. The largest absolute Gasteiger partial charge is 0.491 e. The number of ether oxygens (including phenoxy) is 1. The summed E-state index contributed by atoms with van der Waals surface area (Å²) in [6, 6.07) is 1.99. The Morgan fingerprint density at radius 2 is 2.00 bits per heavy atom. The fourth-order valence-electron chi connectivity index (χ4n) is 3.93. The number of piperazine rings is 1. The number of hydrogen-bond acceptors (Lipinski definition) is 6. The van der Waals surface area contributed by atoms with Crippen molar-refractivity contribution < 1.29 is 8.95 Å². The van der Waals surface area contributed by atoms with Gasteiger partial charge in [-0.25, -0.2) is 18.5 Å². The van der Waals surface area contributed by atoms with Crippen molar-refractivity contribution in [3.8, 4) is 11.4 Å². The molecule has 1 atom stereocenters. The molecule has 3 heterocycles. The Bertz CT molecular complexity index is 1120. The second kappa shape index (κ2) is 9.32. The zero-order chi connectivity index (χ0) is 22.0. The van der Waals surface area contributed by atoms with Gasteiger partial charge in [0.05, 0.1) is 28.1 Å². The van der Waals surface area contributed by atoms with Crippen LogP contribution in [0.3, 0.4) is 0 Å². The predicted molar refractivity (Wildman–Crippen MR) is 124 cm³/mol. The third-order valence-electron chi connectivity index (χ3n) is 5.62. The van der Waals surface area contributed by atoms with Crippen molar-refractivity contribution in [3.63, 3.8) is 0 Å². The van der Waals surface area contributed by atoms with E-state index in [0.717, 1.165) is 72.6 Å². The molecule has 0 spiro atoms. The molecule has 1 saturated heterocycles. The first kappa shape index (κ1) is 21.7. The van der Waals surface area contributed by atoms with Crippen LogP contribution in [0.4, 0.5) is 5.82 Å². The van der Waals surface area contributed by atoms with Crippen LogP contribution in [0.2, 0.25) is 0 Å². The number of nitrogens with zero attached hydrogens (tertiary/aromatic N) is 5. The smallest absolute Gasteiger partial charge is 0.132 e. The van der Waals surface area contributed by atoms with Crippen LogP contribution in [0.5, 0.6) is 0 Å². The molecule has 2 aromatic heterocycles. The summed E-state index contributed by atoms with van der Waals surface area (Å²) in [7, 11) is -0.931. The lowest BCUT2D eigenvalue weighted by atomic mass is 10.1. The van der Waals surface area contributed by atoms with E-state index in [4.69, 9.17) is 4.74 Å². The molecule has 1 aliphatic carbocycles. The van der Waals surface area contributed by atoms with Gasteiger partial charge in [0, 0.05) is 43.7 Å². The molecule has 0 aromatic carbocycles. The molecule has 2 aliphatic rings. The molecule has 1 fully saturated rings. The number of aromatic amines is 1. The van der Waals surface area contributed by atoms with E-state index >= 15 is 0 Å². The summed E-state index contributed by atoms with van der Waals surface area (Å²) in [5.74, 6) is 1.79. The summed E-state index contributed by atoms with van der Waals surface area (Å²) in [5, 5.41) is 9.72. The molecule has 0 radical (unpaired) electrons. The highest BCUT2D eigenvalue weighted by atomic mass is 32.2. The van der Waals surface area contributed by atoms with Gasteiger partial charge in [-0.1, -0.05) is 13.0 Å². The van der Waals surface area contributed by atoms with Crippen molar-refractivity contribution in [2.45, 2.75) is 39.7 Å². The van der Waals surface area contributed by atoms with Crippen molar-refractivity contribution in [1.29, 1.82) is 0 Å². The number of allylic oxidation sites excluding steroid dienone is 2. The van der Waals surface area contributed by atoms with Crippen LogP contribution < -0.4 is 15.5 Å². The molecule has 4 rings (SSSR count). The molecule has 0 saturated carbocycles. The van der Waals surface area contributed by atoms with Gasteiger partial charge in [0.15, 0.2) is 0 Å². The quantitative estimate of drug-likeness (QED) is 0.726. The van der Waals surface area contributed by atoms with E-state index in [9.17, 15) is 4.21 Å². The monoisotopic (exact) mass is 442 g/mol. The molecular formula is C22H30N6O2S. The molecule has 1 N–H and O–H groups in total. The molecular weight excluding hydrogens is 412 g/mol. The van der Waals surface area contributed by atoms with E-state index in [-0.39, 0.29) is 6.10 Å². The average Bonchev–Trinajstić information content (AvgIpc) is 3.08. The highest BCUT2D eigenvalue weighted by molar-refractivity contribution is 7.81. The first-order valence-corrected chi connectivity index (χ1v) is 12.3. The minimum Gasteiger partial charge on any atom is -0.491 e. The minimum atomic E-state index is -0.931. The van der Waals surface area contributed by atoms with Crippen molar-refractivity contribution in [2.24, 2.45) is 0 Å². The highest BCUT2D eigenvalue weighted by Crippen LogP contribution is 2.21. The number of anilines is 1. The maximum Gasteiger partial charge on any atom is 0.132 e. The van der Waals surface area contributed by atoms with Gasteiger partial charge in [-0.05, 0) is 38.3 Å². The van der Waals surface area contributed by atoms with Gasteiger partial charge in [0.1, 0.15) is 23.6 Å². The Balaban J connectivity index is 1.68. The number of hydrogen-bond donors (Lipinski definition) is 1. The summed E-state index contributed by atoms with van der Waals surface area (Å²) < 4.78 is 19.8. The van der Waals surface area contributed by atoms with Gasteiger partial charge in [-0.2, -0.15) is 5.10 Å². The standard InChI is InChI=1S/C22H30N6O2S/c1-5-16-6-7-18-17(12-20(16)30-15(2)3)22(26-25-18)19-13-21(24-14-23-19)27-8-10-28(11-9-27)31(4)29/h7,12-15,25H,5-6,8-11H2,1-4H3. The summed E-state index contributed by atoms with van der Waals surface area (Å²) in [4.78, 5) is 11.2. The van der Waals surface area contributed by atoms with E-state index < -0.39 is 11.0 Å². The third kappa shape index (κ3) is 4.72. The lowest BCUT2D eigenvalue weighted by Crippen LogP contribution is -2.47. The maximum atomic E-state index is 11.7. The third-order valence-corrected chi connectivity index (χ3v) is 6.71. The van der Waals surface area contributed by atoms with Gasteiger partial charge < -0.3 is 9.64 Å². The van der Waals surface area contributed by atoms with Crippen LogP contribution >= 0.6 is 0 Å². The lowest BCUT2D eigenvalue weighted by Gasteiger charge is -2.33.